The predicted octanol–water partition coefficient (Wildman–Crippen LogP) is 0.0821. The van der Waals surface area contributed by atoms with E-state index >= 15 is 0 Å². The third-order valence-corrected chi connectivity index (χ3v) is 4.56. The fourth-order valence-electron chi connectivity index (χ4n) is 3.19. The molecule has 3 fully saturated rings. The second kappa shape index (κ2) is 5.38. The van der Waals surface area contributed by atoms with Crippen LogP contribution in [-0.4, -0.2) is 72.4 Å². The zero-order valence-corrected chi connectivity index (χ0v) is 11.5. The van der Waals surface area contributed by atoms with Gasteiger partial charge in [0.1, 0.15) is 0 Å². The van der Waals surface area contributed by atoms with Crippen molar-refractivity contribution >= 4 is 5.91 Å². The summed E-state index contributed by atoms with van der Waals surface area (Å²) in [4.78, 5) is 16.1. The highest BCUT2D eigenvalue weighted by Gasteiger charge is 2.51. The molecule has 0 aromatic rings. The van der Waals surface area contributed by atoms with Crippen molar-refractivity contribution in [1.29, 1.82) is 0 Å². The third kappa shape index (κ3) is 3.09. The summed E-state index contributed by atoms with van der Waals surface area (Å²) in [5, 5.41) is 10.2. The Morgan fingerprint density at radius 2 is 1.95 bits per heavy atom. The molecule has 5 heteroatoms. The summed E-state index contributed by atoms with van der Waals surface area (Å²) in [5.41, 5.74) is -0.395. The van der Waals surface area contributed by atoms with Crippen LogP contribution >= 0.6 is 0 Å². The van der Waals surface area contributed by atoms with Gasteiger partial charge in [-0.25, -0.2) is 0 Å². The Morgan fingerprint density at radius 3 is 2.58 bits per heavy atom. The maximum atomic E-state index is 11.9. The van der Waals surface area contributed by atoms with Crippen molar-refractivity contribution in [2.24, 2.45) is 5.92 Å². The van der Waals surface area contributed by atoms with E-state index in [1.807, 2.05) is 4.90 Å². The number of ether oxygens (including phenoxy) is 1. The van der Waals surface area contributed by atoms with Gasteiger partial charge < -0.3 is 14.7 Å². The number of hydrogen-bond acceptors (Lipinski definition) is 4. The first-order valence-corrected chi connectivity index (χ1v) is 7.48. The lowest BCUT2D eigenvalue weighted by Crippen LogP contribution is -2.63. The number of carbonyl (C=O) groups is 1. The van der Waals surface area contributed by atoms with Gasteiger partial charge in [0.25, 0.3) is 0 Å². The van der Waals surface area contributed by atoms with Crippen LogP contribution < -0.4 is 0 Å². The Labute approximate surface area is 114 Å². The summed E-state index contributed by atoms with van der Waals surface area (Å²) in [7, 11) is 0. The van der Waals surface area contributed by atoms with Crippen molar-refractivity contribution in [1.82, 2.24) is 9.80 Å². The quantitative estimate of drug-likeness (QED) is 0.767. The SMILES string of the molecule is O=C(CCCN1CC(O)(C2CC2)C1)N1CCOCC1. The number of rotatable bonds is 5. The van der Waals surface area contributed by atoms with Crippen molar-refractivity contribution in [2.75, 3.05) is 45.9 Å². The van der Waals surface area contributed by atoms with Gasteiger partial charge in [-0.2, -0.15) is 0 Å². The van der Waals surface area contributed by atoms with E-state index in [2.05, 4.69) is 4.90 Å². The summed E-state index contributed by atoms with van der Waals surface area (Å²) in [6, 6.07) is 0. The van der Waals surface area contributed by atoms with E-state index in [1.54, 1.807) is 0 Å². The standard InChI is InChI=1S/C14H24N2O3/c17-13(16-6-8-19-9-7-16)2-1-5-15-10-14(18,11-15)12-3-4-12/h12,18H,1-11H2. The van der Waals surface area contributed by atoms with Crippen LogP contribution in [0, 0.1) is 5.92 Å². The molecule has 1 aliphatic carbocycles. The summed E-state index contributed by atoms with van der Waals surface area (Å²) >= 11 is 0. The van der Waals surface area contributed by atoms with E-state index < -0.39 is 5.60 Å². The molecule has 1 amide bonds. The Bertz CT molecular complexity index is 332. The molecule has 3 rings (SSSR count). The lowest BCUT2D eigenvalue weighted by Gasteiger charge is -2.47. The van der Waals surface area contributed by atoms with E-state index in [9.17, 15) is 9.90 Å². The summed E-state index contributed by atoms with van der Waals surface area (Å²) < 4.78 is 5.24. The molecule has 3 aliphatic rings. The van der Waals surface area contributed by atoms with Crippen LogP contribution in [0.3, 0.4) is 0 Å². The van der Waals surface area contributed by atoms with Crippen LogP contribution in [-0.2, 0) is 9.53 Å². The van der Waals surface area contributed by atoms with Gasteiger partial charge in [-0.05, 0) is 31.7 Å². The molecule has 2 aliphatic heterocycles. The predicted molar refractivity (Wildman–Crippen MR) is 70.7 cm³/mol. The minimum absolute atomic E-state index is 0.251. The van der Waals surface area contributed by atoms with Gasteiger partial charge in [0.2, 0.25) is 5.91 Å². The maximum absolute atomic E-state index is 11.9. The molecule has 0 radical (unpaired) electrons. The van der Waals surface area contributed by atoms with E-state index in [-0.39, 0.29) is 5.91 Å². The average Bonchev–Trinajstić information content (AvgIpc) is 3.22. The van der Waals surface area contributed by atoms with Gasteiger partial charge in [0.05, 0.1) is 18.8 Å². The molecule has 0 spiro atoms. The average molecular weight is 268 g/mol. The van der Waals surface area contributed by atoms with Crippen molar-refractivity contribution in [3.05, 3.63) is 0 Å². The third-order valence-electron chi connectivity index (χ3n) is 4.56. The lowest BCUT2D eigenvalue weighted by atomic mass is 9.88. The molecule has 0 bridgehead atoms. The van der Waals surface area contributed by atoms with E-state index in [1.165, 1.54) is 12.8 Å². The Balaban J connectivity index is 1.30. The molecule has 5 nitrogen and oxygen atoms in total. The molecular formula is C14H24N2O3. The molecule has 108 valence electrons. The first-order chi connectivity index (χ1) is 9.17. The maximum Gasteiger partial charge on any atom is 0.222 e. The second-order valence-electron chi connectivity index (χ2n) is 6.19. The zero-order chi connectivity index (χ0) is 13.3. The molecule has 0 unspecified atom stereocenters. The fourth-order valence-corrected chi connectivity index (χ4v) is 3.19. The summed E-state index contributed by atoms with van der Waals surface area (Å²) in [6.07, 6.45) is 3.91. The number of aliphatic hydroxyl groups is 1. The molecule has 1 N–H and O–H groups in total. The highest BCUT2D eigenvalue weighted by atomic mass is 16.5. The van der Waals surface area contributed by atoms with Gasteiger partial charge in [-0.3, -0.25) is 9.69 Å². The highest BCUT2D eigenvalue weighted by molar-refractivity contribution is 5.76. The van der Waals surface area contributed by atoms with E-state index in [4.69, 9.17) is 4.74 Å². The smallest absolute Gasteiger partial charge is 0.222 e. The highest BCUT2D eigenvalue weighted by Crippen LogP contribution is 2.44. The molecule has 19 heavy (non-hydrogen) atoms. The van der Waals surface area contributed by atoms with Crippen LogP contribution in [0.1, 0.15) is 25.7 Å². The molecule has 1 saturated carbocycles. The topological polar surface area (TPSA) is 53.0 Å². The first kappa shape index (κ1) is 13.3. The number of β-amino-alcohol motifs (C(OH)–C–C–N with tert-alkyl or cyclic N) is 1. The first-order valence-electron chi connectivity index (χ1n) is 7.48. The minimum atomic E-state index is -0.395. The van der Waals surface area contributed by atoms with E-state index in [0.717, 1.165) is 39.1 Å². The molecule has 0 atom stereocenters. The normalized spacial score (nSPS) is 27.1. The number of hydrogen-bond donors (Lipinski definition) is 1. The molecule has 0 aromatic carbocycles. The summed E-state index contributed by atoms with van der Waals surface area (Å²) in [6.45, 7) is 5.38. The van der Waals surface area contributed by atoms with Crippen molar-refractivity contribution in [3.63, 3.8) is 0 Å². The summed E-state index contributed by atoms with van der Waals surface area (Å²) in [5.74, 6) is 0.806. The van der Waals surface area contributed by atoms with Gasteiger partial charge in [-0.1, -0.05) is 0 Å². The fraction of sp³-hybridized carbons (Fsp3) is 0.929. The van der Waals surface area contributed by atoms with Gasteiger partial charge >= 0.3 is 0 Å². The largest absolute Gasteiger partial charge is 0.387 e. The molecular weight excluding hydrogens is 244 g/mol. The Kier molecular flexibility index (Phi) is 3.78. The lowest BCUT2D eigenvalue weighted by molar-refractivity contribution is -0.136. The van der Waals surface area contributed by atoms with Gasteiger partial charge in [0.15, 0.2) is 0 Å². The number of carbonyl (C=O) groups excluding carboxylic acids is 1. The van der Waals surface area contributed by atoms with Crippen LogP contribution in [0.15, 0.2) is 0 Å². The number of morpholine rings is 1. The Hall–Kier alpha value is -0.650. The van der Waals surface area contributed by atoms with Crippen molar-refractivity contribution in [3.8, 4) is 0 Å². The zero-order valence-electron chi connectivity index (χ0n) is 11.5. The molecule has 2 heterocycles. The van der Waals surface area contributed by atoms with Crippen molar-refractivity contribution in [2.45, 2.75) is 31.3 Å². The molecule has 0 aromatic heterocycles. The van der Waals surface area contributed by atoms with Gasteiger partial charge in [0, 0.05) is 32.6 Å². The van der Waals surface area contributed by atoms with E-state index in [0.29, 0.717) is 25.6 Å². The second-order valence-corrected chi connectivity index (χ2v) is 6.19. The Morgan fingerprint density at radius 1 is 1.26 bits per heavy atom. The van der Waals surface area contributed by atoms with Crippen molar-refractivity contribution < 1.29 is 14.6 Å². The minimum Gasteiger partial charge on any atom is -0.387 e. The van der Waals surface area contributed by atoms with Gasteiger partial charge in [-0.15, -0.1) is 0 Å². The van der Waals surface area contributed by atoms with Crippen LogP contribution in [0.4, 0.5) is 0 Å². The number of amides is 1. The van der Waals surface area contributed by atoms with Crippen LogP contribution in [0.25, 0.3) is 0 Å². The molecule has 2 saturated heterocycles. The van der Waals surface area contributed by atoms with Crippen LogP contribution in [0.5, 0.6) is 0 Å². The number of likely N-dealkylation sites (tertiary alicyclic amines) is 1. The monoisotopic (exact) mass is 268 g/mol. The number of nitrogens with zero attached hydrogens (tertiary/aromatic N) is 2. The van der Waals surface area contributed by atoms with Crippen LogP contribution in [0.2, 0.25) is 0 Å².